The molecule has 21 heavy (non-hydrogen) atoms. The van der Waals surface area contributed by atoms with Crippen molar-refractivity contribution in [2.75, 3.05) is 13.1 Å². The van der Waals surface area contributed by atoms with Gasteiger partial charge in [-0.1, -0.05) is 0 Å². The molecule has 1 aliphatic heterocycles. The quantitative estimate of drug-likeness (QED) is 0.914. The number of hydrogen-bond acceptors (Lipinski definition) is 4. The van der Waals surface area contributed by atoms with E-state index in [0.717, 1.165) is 24.9 Å². The van der Waals surface area contributed by atoms with Crippen molar-refractivity contribution in [3.05, 3.63) is 22.4 Å². The van der Waals surface area contributed by atoms with Crippen LogP contribution in [0.25, 0.3) is 0 Å². The minimum absolute atomic E-state index is 0.0342. The first-order valence-electron chi connectivity index (χ1n) is 7.16. The Morgan fingerprint density at radius 2 is 2.19 bits per heavy atom. The topological polar surface area (TPSA) is 58.6 Å². The third-order valence-electron chi connectivity index (χ3n) is 3.20. The largest absolute Gasteiger partial charge is 0.444 e. The molecule has 2 amide bonds. The first-order valence-corrected chi connectivity index (χ1v) is 8.10. The molecule has 2 rings (SSSR count). The molecule has 0 unspecified atom stereocenters. The predicted octanol–water partition coefficient (Wildman–Crippen LogP) is 2.88. The molecule has 0 spiro atoms. The van der Waals surface area contributed by atoms with Gasteiger partial charge in [0.1, 0.15) is 5.60 Å². The Labute approximate surface area is 129 Å². The fourth-order valence-electron chi connectivity index (χ4n) is 2.32. The molecule has 6 heteroatoms. The highest BCUT2D eigenvalue weighted by atomic mass is 32.1. The summed E-state index contributed by atoms with van der Waals surface area (Å²) in [4.78, 5) is 25.9. The van der Waals surface area contributed by atoms with Crippen molar-refractivity contribution in [2.24, 2.45) is 0 Å². The minimum Gasteiger partial charge on any atom is -0.444 e. The SMILES string of the molecule is CC(C)(C)OC(=O)N[C@@H]1CCCN(C(=O)c2ccsc2)C1. The zero-order valence-electron chi connectivity index (χ0n) is 12.7. The summed E-state index contributed by atoms with van der Waals surface area (Å²) in [6.45, 7) is 6.77. The Balaban J connectivity index is 1.89. The Morgan fingerprint density at radius 1 is 1.43 bits per heavy atom. The van der Waals surface area contributed by atoms with Gasteiger partial charge in [-0.25, -0.2) is 4.79 Å². The van der Waals surface area contributed by atoms with E-state index in [4.69, 9.17) is 4.74 Å². The maximum absolute atomic E-state index is 12.3. The van der Waals surface area contributed by atoms with E-state index in [2.05, 4.69) is 5.32 Å². The van der Waals surface area contributed by atoms with Crippen molar-refractivity contribution in [3.63, 3.8) is 0 Å². The van der Waals surface area contributed by atoms with E-state index in [1.165, 1.54) is 11.3 Å². The number of carbonyl (C=O) groups is 2. The lowest BCUT2D eigenvalue weighted by atomic mass is 10.1. The summed E-state index contributed by atoms with van der Waals surface area (Å²) in [5, 5.41) is 6.60. The fourth-order valence-corrected chi connectivity index (χ4v) is 2.95. The van der Waals surface area contributed by atoms with E-state index >= 15 is 0 Å². The molecule has 0 aromatic carbocycles. The van der Waals surface area contributed by atoms with Crippen LogP contribution in [-0.2, 0) is 4.74 Å². The van der Waals surface area contributed by atoms with Crippen LogP contribution in [0, 0.1) is 0 Å². The van der Waals surface area contributed by atoms with E-state index in [0.29, 0.717) is 6.54 Å². The van der Waals surface area contributed by atoms with E-state index in [1.807, 2.05) is 37.6 Å². The molecule has 116 valence electrons. The molecular formula is C15H22N2O3S. The summed E-state index contributed by atoms with van der Waals surface area (Å²) < 4.78 is 5.26. The normalized spacial score (nSPS) is 19.2. The van der Waals surface area contributed by atoms with Gasteiger partial charge in [0, 0.05) is 24.5 Å². The van der Waals surface area contributed by atoms with Crippen molar-refractivity contribution in [1.29, 1.82) is 0 Å². The summed E-state index contributed by atoms with van der Waals surface area (Å²) in [5.41, 5.74) is 0.211. The number of carbonyl (C=O) groups excluding carboxylic acids is 2. The average molecular weight is 310 g/mol. The average Bonchev–Trinajstić information content (AvgIpc) is 2.89. The first kappa shape index (κ1) is 15.8. The summed E-state index contributed by atoms with van der Waals surface area (Å²) in [6.07, 6.45) is 1.33. The lowest BCUT2D eigenvalue weighted by Gasteiger charge is -2.33. The van der Waals surface area contributed by atoms with Crippen LogP contribution in [0.4, 0.5) is 4.79 Å². The van der Waals surface area contributed by atoms with Crippen molar-refractivity contribution in [2.45, 2.75) is 45.3 Å². The highest BCUT2D eigenvalue weighted by Crippen LogP contribution is 2.16. The number of ether oxygens (including phenoxy) is 1. The lowest BCUT2D eigenvalue weighted by molar-refractivity contribution is 0.0452. The number of nitrogens with one attached hydrogen (secondary N) is 1. The number of piperidine rings is 1. The summed E-state index contributed by atoms with van der Waals surface area (Å²) in [7, 11) is 0. The molecule has 1 atom stereocenters. The van der Waals surface area contributed by atoms with Gasteiger partial charge in [0.15, 0.2) is 0 Å². The fraction of sp³-hybridized carbons (Fsp3) is 0.600. The van der Waals surface area contributed by atoms with Gasteiger partial charge in [-0.05, 0) is 45.1 Å². The predicted molar refractivity (Wildman–Crippen MR) is 82.6 cm³/mol. The second kappa shape index (κ2) is 6.47. The van der Waals surface area contributed by atoms with Crippen LogP contribution in [0.5, 0.6) is 0 Å². The van der Waals surface area contributed by atoms with E-state index < -0.39 is 11.7 Å². The molecule has 1 aromatic heterocycles. The third kappa shape index (κ3) is 4.74. The van der Waals surface area contributed by atoms with Gasteiger partial charge >= 0.3 is 6.09 Å². The Kier molecular flexibility index (Phi) is 4.88. The van der Waals surface area contributed by atoms with Crippen LogP contribution in [-0.4, -0.2) is 41.6 Å². The molecule has 2 heterocycles. The second-order valence-corrected chi connectivity index (χ2v) is 7.03. The van der Waals surface area contributed by atoms with Gasteiger partial charge in [0.2, 0.25) is 0 Å². The molecule has 1 fully saturated rings. The number of alkyl carbamates (subject to hydrolysis) is 1. The van der Waals surface area contributed by atoms with Crippen LogP contribution < -0.4 is 5.32 Å². The van der Waals surface area contributed by atoms with Gasteiger partial charge < -0.3 is 15.0 Å². The van der Waals surface area contributed by atoms with E-state index in [1.54, 1.807) is 4.90 Å². The van der Waals surface area contributed by atoms with Crippen molar-refractivity contribution in [3.8, 4) is 0 Å². The molecule has 1 saturated heterocycles. The van der Waals surface area contributed by atoms with Crippen LogP contribution in [0.2, 0.25) is 0 Å². The van der Waals surface area contributed by atoms with Crippen LogP contribution in [0.15, 0.2) is 16.8 Å². The van der Waals surface area contributed by atoms with Crippen LogP contribution >= 0.6 is 11.3 Å². The minimum atomic E-state index is -0.509. The summed E-state index contributed by atoms with van der Waals surface area (Å²) in [6, 6.07) is 1.79. The van der Waals surface area contributed by atoms with Gasteiger partial charge in [0.25, 0.3) is 5.91 Å². The van der Waals surface area contributed by atoms with Crippen molar-refractivity contribution in [1.82, 2.24) is 10.2 Å². The number of rotatable bonds is 2. The Bertz CT molecular complexity index is 494. The number of amides is 2. The molecule has 0 radical (unpaired) electrons. The maximum Gasteiger partial charge on any atom is 0.407 e. The van der Waals surface area contributed by atoms with Gasteiger partial charge in [0.05, 0.1) is 5.56 Å². The maximum atomic E-state index is 12.3. The van der Waals surface area contributed by atoms with Crippen molar-refractivity contribution < 1.29 is 14.3 Å². The molecule has 1 aliphatic rings. The zero-order chi connectivity index (χ0) is 15.5. The molecule has 0 bridgehead atoms. The molecule has 1 N–H and O–H groups in total. The smallest absolute Gasteiger partial charge is 0.407 e. The van der Waals surface area contributed by atoms with Crippen LogP contribution in [0.3, 0.4) is 0 Å². The lowest BCUT2D eigenvalue weighted by Crippen LogP contribution is -2.50. The highest BCUT2D eigenvalue weighted by molar-refractivity contribution is 7.08. The van der Waals surface area contributed by atoms with E-state index in [-0.39, 0.29) is 11.9 Å². The number of nitrogens with zero attached hydrogens (tertiary/aromatic N) is 1. The number of thiophene rings is 1. The second-order valence-electron chi connectivity index (χ2n) is 6.25. The Hall–Kier alpha value is -1.56. The monoisotopic (exact) mass is 310 g/mol. The third-order valence-corrected chi connectivity index (χ3v) is 3.88. The molecule has 1 aromatic rings. The number of hydrogen-bond donors (Lipinski definition) is 1. The summed E-state index contributed by atoms with van der Waals surface area (Å²) >= 11 is 1.51. The van der Waals surface area contributed by atoms with Crippen molar-refractivity contribution >= 4 is 23.3 Å². The van der Waals surface area contributed by atoms with Gasteiger partial charge in [-0.3, -0.25) is 4.79 Å². The Morgan fingerprint density at radius 3 is 2.81 bits per heavy atom. The molecule has 5 nitrogen and oxygen atoms in total. The standard InChI is InChI=1S/C15H22N2O3S/c1-15(2,3)20-14(19)16-12-5-4-7-17(9-12)13(18)11-6-8-21-10-11/h6,8,10,12H,4-5,7,9H2,1-3H3,(H,16,19)/t12-/m1/s1. The molecular weight excluding hydrogens is 288 g/mol. The van der Waals surface area contributed by atoms with E-state index in [9.17, 15) is 9.59 Å². The first-order chi connectivity index (χ1) is 9.85. The number of likely N-dealkylation sites (tertiary alicyclic amines) is 1. The summed E-state index contributed by atoms with van der Waals surface area (Å²) in [5.74, 6) is 0.0342. The highest BCUT2D eigenvalue weighted by Gasteiger charge is 2.27. The molecule has 0 saturated carbocycles. The van der Waals surface area contributed by atoms with Gasteiger partial charge in [-0.2, -0.15) is 11.3 Å². The van der Waals surface area contributed by atoms with Gasteiger partial charge in [-0.15, -0.1) is 0 Å². The molecule has 0 aliphatic carbocycles. The van der Waals surface area contributed by atoms with Crippen LogP contribution in [0.1, 0.15) is 44.0 Å². The zero-order valence-corrected chi connectivity index (χ0v) is 13.5.